The lowest BCUT2D eigenvalue weighted by Gasteiger charge is -2.43. The minimum absolute atomic E-state index is 0.0261. The number of nitrogens with zero attached hydrogens (tertiary/aromatic N) is 2. The molecule has 1 fully saturated rings. The van der Waals surface area contributed by atoms with Gasteiger partial charge in [-0.3, -0.25) is 10.00 Å². The van der Waals surface area contributed by atoms with Crippen molar-refractivity contribution in [2.75, 3.05) is 13.7 Å². The summed E-state index contributed by atoms with van der Waals surface area (Å²) >= 11 is 0. The third-order valence-electron chi connectivity index (χ3n) is 6.41. The van der Waals surface area contributed by atoms with Crippen LogP contribution in [-0.2, 0) is 6.42 Å². The highest BCUT2D eigenvalue weighted by Crippen LogP contribution is 2.48. The number of rotatable bonds is 4. The number of nitrogens with one attached hydrogen (secondary N) is 1. The van der Waals surface area contributed by atoms with Crippen LogP contribution in [-0.4, -0.2) is 40.5 Å². The quantitative estimate of drug-likeness (QED) is 0.713. The molecule has 0 bridgehead atoms. The number of fused-ring (bicyclic) bond motifs is 3. The molecule has 146 valence electrons. The number of aryl methyl sites for hydroxylation is 1. The van der Waals surface area contributed by atoms with Gasteiger partial charge in [0.2, 0.25) is 0 Å². The van der Waals surface area contributed by atoms with Gasteiger partial charge in [0.15, 0.2) is 0 Å². The number of hydrogen-bond donors (Lipinski definition) is 1. The zero-order valence-corrected chi connectivity index (χ0v) is 16.6. The number of H-pyrrole nitrogens is 1. The zero-order chi connectivity index (χ0) is 19.5. The summed E-state index contributed by atoms with van der Waals surface area (Å²) in [5.41, 5.74) is 4.82. The van der Waals surface area contributed by atoms with Crippen LogP contribution >= 0.6 is 0 Å². The van der Waals surface area contributed by atoms with E-state index in [9.17, 15) is 4.39 Å². The molecule has 1 aromatic heterocycles. The Morgan fingerprint density at radius 1 is 1.25 bits per heavy atom. The third kappa shape index (κ3) is 2.80. The molecule has 0 amide bonds. The second kappa shape index (κ2) is 6.31. The molecule has 1 N–H and O–H groups in total. The van der Waals surface area contributed by atoms with E-state index < -0.39 is 5.67 Å². The first-order valence-electron chi connectivity index (χ1n) is 10.0. The summed E-state index contributed by atoms with van der Waals surface area (Å²) in [6, 6.07) is 10.8. The van der Waals surface area contributed by atoms with Gasteiger partial charge in [-0.05, 0) is 61.9 Å². The van der Waals surface area contributed by atoms with E-state index in [2.05, 4.69) is 59.3 Å². The molecule has 1 aliphatic heterocycles. The maximum absolute atomic E-state index is 14.9. The average Bonchev–Trinajstić information content (AvgIpc) is 3.21. The predicted octanol–water partition coefficient (Wildman–Crippen LogP) is 4.72. The number of ether oxygens (including phenoxy) is 1. The lowest BCUT2D eigenvalue weighted by Crippen LogP contribution is -2.46. The predicted molar refractivity (Wildman–Crippen MR) is 109 cm³/mol. The molecular formula is C23H26FN3O. The molecule has 0 unspecified atom stereocenters. The molecule has 1 aliphatic carbocycles. The Morgan fingerprint density at radius 2 is 2.04 bits per heavy atom. The van der Waals surface area contributed by atoms with Crippen molar-refractivity contribution in [1.29, 1.82) is 0 Å². The molecule has 2 heterocycles. The standard InChI is InChI=1S/C23H26FN3O/c1-14-4-5-17(21(10-14)28-3)22-16-6-7-20-19(12-25-26-20)18(16)11-15(2)27(22)13-23(24)8-9-23/h4-7,10,12,15,22H,8-9,11,13H2,1-3H3,(H,25,26)/t15-,22+/m1/s1. The lowest BCUT2D eigenvalue weighted by molar-refractivity contribution is 0.0973. The van der Waals surface area contributed by atoms with E-state index in [0.717, 1.165) is 28.8 Å². The number of alkyl halides is 1. The lowest BCUT2D eigenvalue weighted by atomic mass is 9.83. The van der Waals surface area contributed by atoms with Crippen LogP contribution in [0.15, 0.2) is 36.5 Å². The van der Waals surface area contributed by atoms with E-state index >= 15 is 0 Å². The zero-order valence-electron chi connectivity index (χ0n) is 16.6. The molecular weight excluding hydrogens is 353 g/mol. The van der Waals surface area contributed by atoms with E-state index in [0.29, 0.717) is 19.4 Å². The van der Waals surface area contributed by atoms with Gasteiger partial charge in [0, 0.05) is 23.5 Å². The fraction of sp³-hybridized carbons (Fsp3) is 0.435. The summed E-state index contributed by atoms with van der Waals surface area (Å²) in [6.45, 7) is 4.75. The fourth-order valence-electron chi connectivity index (χ4n) is 4.68. The largest absolute Gasteiger partial charge is 0.496 e. The Balaban J connectivity index is 1.71. The Kier molecular flexibility index (Phi) is 3.98. The second-order valence-corrected chi connectivity index (χ2v) is 8.49. The molecule has 2 aliphatic rings. The maximum Gasteiger partial charge on any atom is 0.124 e. The average molecular weight is 379 g/mol. The molecule has 3 aromatic rings. The number of benzene rings is 2. The minimum atomic E-state index is -1.04. The van der Waals surface area contributed by atoms with E-state index in [1.165, 1.54) is 16.5 Å². The second-order valence-electron chi connectivity index (χ2n) is 8.49. The monoisotopic (exact) mass is 379 g/mol. The van der Waals surface area contributed by atoms with Gasteiger partial charge in [-0.25, -0.2) is 4.39 Å². The normalized spacial score (nSPS) is 23.6. The van der Waals surface area contributed by atoms with Crippen molar-refractivity contribution in [2.45, 2.75) is 50.9 Å². The van der Waals surface area contributed by atoms with Gasteiger partial charge >= 0.3 is 0 Å². The van der Waals surface area contributed by atoms with Crippen LogP contribution in [0.25, 0.3) is 10.9 Å². The van der Waals surface area contributed by atoms with E-state index in [-0.39, 0.29) is 12.1 Å². The Bertz CT molecular complexity index is 1040. The number of aromatic nitrogens is 2. The first-order chi connectivity index (χ1) is 13.5. The number of halogens is 1. The molecule has 28 heavy (non-hydrogen) atoms. The Labute approximate surface area is 164 Å². The van der Waals surface area contributed by atoms with Crippen LogP contribution < -0.4 is 4.74 Å². The van der Waals surface area contributed by atoms with Gasteiger partial charge in [0.1, 0.15) is 11.4 Å². The molecule has 1 saturated carbocycles. The van der Waals surface area contributed by atoms with E-state index in [4.69, 9.17) is 4.74 Å². The smallest absolute Gasteiger partial charge is 0.124 e. The summed E-state index contributed by atoms with van der Waals surface area (Å²) in [5.74, 6) is 0.867. The molecule has 4 nitrogen and oxygen atoms in total. The van der Waals surface area contributed by atoms with Crippen molar-refractivity contribution in [1.82, 2.24) is 15.1 Å². The SMILES string of the molecule is COc1cc(C)ccc1[C@@H]1c2ccc3[nH]ncc3c2C[C@@H](C)N1CC1(F)CC1. The third-order valence-corrected chi connectivity index (χ3v) is 6.41. The van der Waals surface area contributed by atoms with Crippen molar-refractivity contribution in [3.05, 3.63) is 58.8 Å². The first-order valence-corrected chi connectivity index (χ1v) is 10.0. The number of aromatic amines is 1. The molecule has 0 saturated heterocycles. The Hall–Kier alpha value is -2.40. The maximum atomic E-state index is 14.9. The first kappa shape index (κ1) is 17.7. The van der Waals surface area contributed by atoms with Crippen molar-refractivity contribution in [2.24, 2.45) is 0 Å². The van der Waals surface area contributed by atoms with Crippen LogP contribution in [0.4, 0.5) is 4.39 Å². The van der Waals surface area contributed by atoms with E-state index in [1.54, 1.807) is 7.11 Å². The molecule has 2 atom stereocenters. The van der Waals surface area contributed by atoms with Crippen LogP contribution in [0, 0.1) is 6.92 Å². The van der Waals surface area contributed by atoms with Crippen molar-refractivity contribution in [3.8, 4) is 5.75 Å². The summed E-state index contributed by atoms with van der Waals surface area (Å²) in [6.07, 6.45) is 4.15. The van der Waals surface area contributed by atoms with E-state index in [1.807, 2.05) is 6.20 Å². The van der Waals surface area contributed by atoms with Crippen LogP contribution in [0.5, 0.6) is 5.75 Å². The Morgan fingerprint density at radius 3 is 2.79 bits per heavy atom. The number of hydrogen-bond acceptors (Lipinski definition) is 3. The van der Waals surface area contributed by atoms with Crippen molar-refractivity contribution >= 4 is 10.9 Å². The fourth-order valence-corrected chi connectivity index (χ4v) is 4.68. The molecule has 0 radical (unpaired) electrons. The topological polar surface area (TPSA) is 41.1 Å². The van der Waals surface area contributed by atoms with Gasteiger partial charge < -0.3 is 4.74 Å². The summed E-state index contributed by atoms with van der Waals surface area (Å²) in [5, 5.41) is 8.49. The van der Waals surface area contributed by atoms with Crippen molar-refractivity contribution < 1.29 is 9.13 Å². The van der Waals surface area contributed by atoms with Gasteiger partial charge in [-0.1, -0.05) is 18.2 Å². The van der Waals surface area contributed by atoms with Crippen LogP contribution in [0.1, 0.15) is 48.1 Å². The van der Waals surface area contributed by atoms with Gasteiger partial charge in [-0.15, -0.1) is 0 Å². The van der Waals surface area contributed by atoms with Crippen molar-refractivity contribution in [3.63, 3.8) is 0 Å². The summed E-state index contributed by atoms with van der Waals surface area (Å²) in [4.78, 5) is 2.34. The van der Waals surface area contributed by atoms with Gasteiger partial charge in [-0.2, -0.15) is 5.10 Å². The highest BCUT2D eigenvalue weighted by atomic mass is 19.1. The van der Waals surface area contributed by atoms with Gasteiger partial charge in [0.05, 0.1) is 24.9 Å². The number of methoxy groups -OCH3 is 1. The highest BCUT2D eigenvalue weighted by Gasteiger charge is 2.48. The van der Waals surface area contributed by atoms with Gasteiger partial charge in [0.25, 0.3) is 0 Å². The molecule has 5 rings (SSSR count). The van der Waals surface area contributed by atoms with Crippen LogP contribution in [0.3, 0.4) is 0 Å². The highest BCUT2D eigenvalue weighted by molar-refractivity contribution is 5.83. The minimum Gasteiger partial charge on any atom is -0.496 e. The van der Waals surface area contributed by atoms with Crippen LogP contribution in [0.2, 0.25) is 0 Å². The molecule has 2 aromatic carbocycles. The molecule has 0 spiro atoms. The molecule has 5 heteroatoms. The summed E-state index contributed by atoms with van der Waals surface area (Å²) < 4.78 is 20.6. The summed E-state index contributed by atoms with van der Waals surface area (Å²) in [7, 11) is 1.71.